The Hall–Kier alpha value is -1.16. The average Bonchev–Trinajstić information content (AvgIpc) is 2.78. The highest BCUT2D eigenvalue weighted by Crippen LogP contribution is 2.27. The Morgan fingerprint density at radius 2 is 2.31 bits per heavy atom. The van der Waals surface area contributed by atoms with Gasteiger partial charge in [-0.2, -0.15) is 0 Å². The minimum absolute atomic E-state index is 0.358. The molecule has 1 saturated heterocycles. The highest BCUT2D eigenvalue weighted by Gasteiger charge is 2.23. The zero-order chi connectivity index (χ0) is 11.4. The van der Waals surface area contributed by atoms with Crippen LogP contribution in [0.5, 0.6) is 0 Å². The zero-order valence-corrected chi connectivity index (χ0v) is 9.69. The van der Waals surface area contributed by atoms with E-state index < -0.39 is 0 Å². The maximum atomic E-state index is 10.4. The van der Waals surface area contributed by atoms with Crippen molar-refractivity contribution >= 4 is 6.29 Å². The Kier molecular flexibility index (Phi) is 3.72. The molecule has 0 amide bonds. The largest absolute Gasteiger partial charge is 0.448 e. The molecule has 0 N–H and O–H groups in total. The number of aldehydes is 1. The van der Waals surface area contributed by atoms with Crippen molar-refractivity contribution in [2.45, 2.75) is 32.1 Å². The van der Waals surface area contributed by atoms with Gasteiger partial charge in [-0.05, 0) is 32.5 Å². The van der Waals surface area contributed by atoms with Crippen LogP contribution in [0.1, 0.15) is 37.3 Å². The van der Waals surface area contributed by atoms with Crippen LogP contribution in [-0.4, -0.2) is 35.8 Å². The minimum Gasteiger partial charge on any atom is -0.448 e. The van der Waals surface area contributed by atoms with Crippen LogP contribution in [0.25, 0.3) is 0 Å². The number of oxazole rings is 1. The first-order valence-corrected chi connectivity index (χ1v) is 5.93. The van der Waals surface area contributed by atoms with Crippen molar-refractivity contribution in [1.82, 2.24) is 9.88 Å². The van der Waals surface area contributed by atoms with E-state index >= 15 is 0 Å². The molecule has 1 aromatic heterocycles. The first-order chi connectivity index (χ1) is 7.83. The fraction of sp³-hybridized carbons (Fsp3) is 0.667. The molecule has 4 heteroatoms. The van der Waals surface area contributed by atoms with Gasteiger partial charge in [0.25, 0.3) is 0 Å². The number of rotatable bonds is 4. The van der Waals surface area contributed by atoms with Crippen molar-refractivity contribution in [3.05, 3.63) is 17.8 Å². The molecule has 88 valence electrons. The van der Waals surface area contributed by atoms with E-state index in [1.807, 2.05) is 0 Å². The molecule has 1 aliphatic heterocycles. The lowest BCUT2D eigenvalue weighted by Crippen LogP contribution is -2.32. The summed E-state index contributed by atoms with van der Waals surface area (Å²) in [5.74, 6) is 1.25. The van der Waals surface area contributed by atoms with Crippen LogP contribution in [0.2, 0.25) is 0 Å². The summed E-state index contributed by atoms with van der Waals surface area (Å²) in [6.07, 6.45) is 5.04. The molecule has 4 nitrogen and oxygen atoms in total. The Labute approximate surface area is 95.6 Å². The lowest BCUT2D eigenvalue weighted by atomic mass is 9.97. The maximum Gasteiger partial charge on any atom is 0.197 e. The molecule has 2 heterocycles. The molecule has 1 fully saturated rings. The van der Waals surface area contributed by atoms with E-state index in [1.54, 1.807) is 6.26 Å². The van der Waals surface area contributed by atoms with Crippen molar-refractivity contribution in [3.8, 4) is 0 Å². The maximum absolute atomic E-state index is 10.4. The van der Waals surface area contributed by atoms with Crippen molar-refractivity contribution in [1.29, 1.82) is 0 Å². The van der Waals surface area contributed by atoms with Gasteiger partial charge in [-0.1, -0.05) is 6.92 Å². The summed E-state index contributed by atoms with van der Waals surface area (Å²) in [6, 6.07) is 0. The Morgan fingerprint density at radius 3 is 2.94 bits per heavy atom. The van der Waals surface area contributed by atoms with E-state index in [0.717, 1.165) is 50.3 Å². The molecular weight excluding hydrogens is 204 g/mol. The monoisotopic (exact) mass is 222 g/mol. The first-order valence-electron chi connectivity index (χ1n) is 5.93. The first kappa shape index (κ1) is 11.3. The molecule has 0 atom stereocenters. The number of piperidine rings is 1. The van der Waals surface area contributed by atoms with Gasteiger partial charge in [-0.25, -0.2) is 4.98 Å². The fourth-order valence-corrected chi connectivity index (χ4v) is 2.19. The number of carbonyl (C=O) groups excluding carboxylic acids is 1. The highest BCUT2D eigenvalue weighted by atomic mass is 16.3. The molecule has 0 aliphatic carbocycles. The standard InChI is InChI=1S/C12H18N2O2/c1-2-14-6-3-10(4-7-14)12-13-11(5-8-15)9-16-12/h8-10H,2-7H2,1H3. The van der Waals surface area contributed by atoms with E-state index in [1.165, 1.54) is 0 Å². The van der Waals surface area contributed by atoms with Crippen molar-refractivity contribution in [2.75, 3.05) is 19.6 Å². The van der Waals surface area contributed by atoms with Gasteiger partial charge in [-0.3, -0.25) is 0 Å². The highest BCUT2D eigenvalue weighted by molar-refractivity contribution is 5.53. The summed E-state index contributed by atoms with van der Waals surface area (Å²) < 4.78 is 5.44. The van der Waals surface area contributed by atoms with Gasteiger partial charge >= 0.3 is 0 Å². The lowest BCUT2D eigenvalue weighted by Gasteiger charge is -2.29. The number of carbonyl (C=O) groups is 1. The number of likely N-dealkylation sites (tertiary alicyclic amines) is 1. The average molecular weight is 222 g/mol. The number of hydrogen-bond acceptors (Lipinski definition) is 4. The van der Waals surface area contributed by atoms with Gasteiger partial charge in [0, 0.05) is 12.3 Å². The predicted molar refractivity (Wildman–Crippen MR) is 60.4 cm³/mol. The molecule has 2 rings (SSSR count). The second-order valence-corrected chi connectivity index (χ2v) is 4.26. The van der Waals surface area contributed by atoms with Crippen LogP contribution in [0.3, 0.4) is 0 Å². The van der Waals surface area contributed by atoms with E-state index in [4.69, 9.17) is 4.42 Å². The molecular formula is C12H18N2O2. The molecule has 0 unspecified atom stereocenters. The van der Waals surface area contributed by atoms with Gasteiger partial charge < -0.3 is 14.1 Å². The summed E-state index contributed by atoms with van der Waals surface area (Å²) >= 11 is 0. The van der Waals surface area contributed by atoms with Gasteiger partial charge in [0.1, 0.15) is 12.5 Å². The lowest BCUT2D eigenvalue weighted by molar-refractivity contribution is -0.107. The fourth-order valence-electron chi connectivity index (χ4n) is 2.19. The van der Waals surface area contributed by atoms with Crippen LogP contribution in [0.4, 0.5) is 0 Å². The molecule has 1 aliphatic rings. The summed E-state index contributed by atoms with van der Waals surface area (Å²) in [5.41, 5.74) is 0.753. The third-order valence-electron chi connectivity index (χ3n) is 3.25. The smallest absolute Gasteiger partial charge is 0.197 e. The quantitative estimate of drug-likeness (QED) is 0.726. The normalized spacial score (nSPS) is 18.8. The third kappa shape index (κ3) is 2.50. The van der Waals surface area contributed by atoms with E-state index in [0.29, 0.717) is 12.3 Å². The second-order valence-electron chi connectivity index (χ2n) is 4.26. The molecule has 0 aromatic carbocycles. The van der Waals surface area contributed by atoms with Crippen molar-refractivity contribution < 1.29 is 9.21 Å². The summed E-state index contributed by atoms with van der Waals surface area (Å²) in [5, 5.41) is 0. The molecule has 0 radical (unpaired) electrons. The SMILES string of the molecule is CCN1CCC(c2nc(CC=O)co2)CC1. The summed E-state index contributed by atoms with van der Waals surface area (Å²) in [4.78, 5) is 17.1. The molecule has 1 aromatic rings. The van der Waals surface area contributed by atoms with Crippen molar-refractivity contribution in [2.24, 2.45) is 0 Å². The summed E-state index contributed by atoms with van der Waals surface area (Å²) in [6.45, 7) is 5.54. The molecule has 0 bridgehead atoms. The third-order valence-corrected chi connectivity index (χ3v) is 3.25. The summed E-state index contributed by atoms with van der Waals surface area (Å²) in [7, 11) is 0. The van der Waals surface area contributed by atoms with Crippen LogP contribution >= 0.6 is 0 Å². The van der Waals surface area contributed by atoms with Gasteiger partial charge in [0.2, 0.25) is 0 Å². The number of aromatic nitrogens is 1. The van der Waals surface area contributed by atoms with Crippen LogP contribution in [0.15, 0.2) is 10.7 Å². The van der Waals surface area contributed by atoms with Crippen LogP contribution in [-0.2, 0) is 11.2 Å². The van der Waals surface area contributed by atoms with Crippen LogP contribution < -0.4 is 0 Å². The Morgan fingerprint density at radius 1 is 1.56 bits per heavy atom. The molecule has 0 spiro atoms. The predicted octanol–water partition coefficient (Wildman–Crippen LogP) is 1.62. The molecule has 0 saturated carbocycles. The second kappa shape index (κ2) is 5.25. The van der Waals surface area contributed by atoms with Crippen molar-refractivity contribution in [3.63, 3.8) is 0 Å². The molecule has 16 heavy (non-hydrogen) atoms. The minimum atomic E-state index is 0.358. The van der Waals surface area contributed by atoms with E-state index in [9.17, 15) is 4.79 Å². The van der Waals surface area contributed by atoms with E-state index in [-0.39, 0.29) is 0 Å². The van der Waals surface area contributed by atoms with Gasteiger partial charge in [0.05, 0.1) is 5.69 Å². The van der Waals surface area contributed by atoms with Crippen LogP contribution in [0, 0.1) is 0 Å². The topological polar surface area (TPSA) is 46.3 Å². The number of nitrogens with zero attached hydrogens (tertiary/aromatic N) is 2. The van der Waals surface area contributed by atoms with Gasteiger partial charge in [-0.15, -0.1) is 0 Å². The Bertz CT molecular complexity index is 341. The number of hydrogen-bond donors (Lipinski definition) is 0. The van der Waals surface area contributed by atoms with E-state index in [2.05, 4.69) is 16.8 Å². The zero-order valence-electron chi connectivity index (χ0n) is 9.69. The van der Waals surface area contributed by atoms with Gasteiger partial charge in [0.15, 0.2) is 5.89 Å². The Balaban J connectivity index is 1.94.